The van der Waals surface area contributed by atoms with Crippen LogP contribution in [0.15, 0.2) is 73.2 Å². The van der Waals surface area contributed by atoms with Crippen LogP contribution in [0.25, 0.3) is 11.3 Å². The standard InChI is InChI=1S/C22H17ClF2N4/c23-17-3-1-14(2-4-17)21(15-7-9-26-10-8-15)27-12-16-13-28-29-22(16)19-6-5-18(24)11-20(19)25/h1-11,13,21,27H,12H2,(H,28,29). The van der Waals surface area contributed by atoms with Gasteiger partial charge in [0.1, 0.15) is 11.6 Å². The fraction of sp³-hybridized carbons (Fsp3) is 0.0909. The minimum Gasteiger partial charge on any atom is -0.302 e. The first-order chi connectivity index (χ1) is 14.1. The lowest BCUT2D eigenvalue weighted by Gasteiger charge is -2.20. The molecule has 0 amide bonds. The van der Waals surface area contributed by atoms with Crippen LogP contribution >= 0.6 is 11.6 Å². The summed E-state index contributed by atoms with van der Waals surface area (Å²) in [7, 11) is 0. The van der Waals surface area contributed by atoms with Crippen molar-refractivity contribution in [2.24, 2.45) is 0 Å². The van der Waals surface area contributed by atoms with Crippen LogP contribution in [0, 0.1) is 11.6 Å². The molecule has 0 aliphatic carbocycles. The van der Waals surface area contributed by atoms with Crippen LogP contribution < -0.4 is 5.32 Å². The Morgan fingerprint density at radius 3 is 2.41 bits per heavy atom. The van der Waals surface area contributed by atoms with Gasteiger partial charge < -0.3 is 5.32 Å². The number of aromatic nitrogens is 3. The molecule has 0 bridgehead atoms. The fourth-order valence-electron chi connectivity index (χ4n) is 3.22. The highest BCUT2D eigenvalue weighted by Gasteiger charge is 2.17. The zero-order chi connectivity index (χ0) is 20.2. The van der Waals surface area contributed by atoms with E-state index >= 15 is 0 Å². The predicted octanol–water partition coefficient (Wildman–Crippen LogP) is 5.28. The maximum Gasteiger partial charge on any atom is 0.135 e. The zero-order valence-corrected chi connectivity index (χ0v) is 16.0. The van der Waals surface area contributed by atoms with E-state index in [2.05, 4.69) is 20.5 Å². The molecule has 4 rings (SSSR count). The number of halogens is 3. The summed E-state index contributed by atoms with van der Waals surface area (Å²) in [4.78, 5) is 4.08. The maximum atomic E-state index is 14.2. The number of pyridine rings is 1. The van der Waals surface area contributed by atoms with Gasteiger partial charge in [-0.2, -0.15) is 5.10 Å². The Labute approximate surface area is 171 Å². The largest absolute Gasteiger partial charge is 0.302 e. The van der Waals surface area contributed by atoms with Gasteiger partial charge in [-0.05, 0) is 47.5 Å². The third kappa shape index (κ3) is 4.34. The number of nitrogens with zero attached hydrogens (tertiary/aromatic N) is 2. The Morgan fingerprint density at radius 2 is 1.69 bits per heavy atom. The third-order valence-electron chi connectivity index (χ3n) is 4.66. The smallest absolute Gasteiger partial charge is 0.135 e. The fourth-order valence-corrected chi connectivity index (χ4v) is 3.35. The van der Waals surface area contributed by atoms with E-state index in [1.54, 1.807) is 18.6 Å². The third-order valence-corrected chi connectivity index (χ3v) is 4.91. The van der Waals surface area contributed by atoms with Crippen molar-refractivity contribution in [1.29, 1.82) is 0 Å². The molecule has 2 aromatic carbocycles. The molecular weight excluding hydrogens is 394 g/mol. The number of H-pyrrole nitrogens is 1. The van der Waals surface area contributed by atoms with Crippen molar-refractivity contribution in [3.8, 4) is 11.3 Å². The van der Waals surface area contributed by atoms with Gasteiger partial charge in [-0.1, -0.05) is 23.7 Å². The zero-order valence-electron chi connectivity index (χ0n) is 15.2. The molecule has 0 aliphatic heterocycles. The van der Waals surface area contributed by atoms with Gasteiger partial charge in [-0.25, -0.2) is 8.78 Å². The Balaban J connectivity index is 1.62. The molecule has 146 valence electrons. The van der Waals surface area contributed by atoms with Crippen molar-refractivity contribution in [3.63, 3.8) is 0 Å². The molecule has 1 unspecified atom stereocenters. The number of hydrogen-bond donors (Lipinski definition) is 2. The SMILES string of the molecule is Fc1ccc(-c2[nH]ncc2CNC(c2ccncc2)c2ccc(Cl)cc2)c(F)c1. The first kappa shape index (κ1) is 19.2. The summed E-state index contributed by atoms with van der Waals surface area (Å²) in [5, 5.41) is 11.0. The van der Waals surface area contributed by atoms with E-state index in [4.69, 9.17) is 11.6 Å². The minimum atomic E-state index is -0.640. The topological polar surface area (TPSA) is 53.6 Å². The van der Waals surface area contributed by atoms with Crippen molar-refractivity contribution in [2.75, 3.05) is 0 Å². The van der Waals surface area contributed by atoms with E-state index in [1.807, 2.05) is 36.4 Å². The molecule has 0 saturated carbocycles. The Bertz CT molecular complexity index is 1100. The number of aromatic amines is 1. The average Bonchev–Trinajstić information content (AvgIpc) is 3.18. The summed E-state index contributed by atoms with van der Waals surface area (Å²) in [6, 6.07) is 14.8. The average molecular weight is 411 g/mol. The van der Waals surface area contributed by atoms with Crippen LogP contribution in [-0.2, 0) is 6.54 Å². The van der Waals surface area contributed by atoms with E-state index < -0.39 is 11.6 Å². The van der Waals surface area contributed by atoms with E-state index in [-0.39, 0.29) is 11.6 Å². The van der Waals surface area contributed by atoms with E-state index in [0.29, 0.717) is 17.3 Å². The highest BCUT2D eigenvalue weighted by Crippen LogP contribution is 2.27. The molecule has 0 saturated heterocycles. The number of nitrogens with one attached hydrogen (secondary N) is 2. The Morgan fingerprint density at radius 1 is 0.966 bits per heavy atom. The first-order valence-corrected chi connectivity index (χ1v) is 9.36. The molecule has 2 heterocycles. The van der Waals surface area contributed by atoms with Crippen LogP contribution in [0.4, 0.5) is 8.78 Å². The van der Waals surface area contributed by atoms with Gasteiger partial charge in [0.25, 0.3) is 0 Å². The highest BCUT2D eigenvalue weighted by molar-refractivity contribution is 6.30. The molecule has 1 atom stereocenters. The van der Waals surface area contributed by atoms with Crippen molar-refractivity contribution in [1.82, 2.24) is 20.5 Å². The molecule has 0 aliphatic rings. The van der Waals surface area contributed by atoms with Crippen LogP contribution in [0.5, 0.6) is 0 Å². The van der Waals surface area contributed by atoms with Gasteiger partial charge in [-0.3, -0.25) is 10.1 Å². The normalized spacial score (nSPS) is 12.1. The monoisotopic (exact) mass is 410 g/mol. The second kappa shape index (κ2) is 8.51. The van der Waals surface area contributed by atoms with E-state index in [0.717, 1.165) is 22.8 Å². The molecule has 0 spiro atoms. The Kier molecular flexibility index (Phi) is 5.64. The van der Waals surface area contributed by atoms with Crippen LogP contribution in [-0.4, -0.2) is 15.2 Å². The van der Waals surface area contributed by atoms with Crippen molar-refractivity contribution < 1.29 is 8.78 Å². The number of rotatable bonds is 6. The first-order valence-electron chi connectivity index (χ1n) is 8.98. The maximum absolute atomic E-state index is 14.2. The Hall–Kier alpha value is -3.09. The summed E-state index contributed by atoms with van der Waals surface area (Å²) < 4.78 is 27.5. The van der Waals surface area contributed by atoms with Crippen molar-refractivity contribution in [2.45, 2.75) is 12.6 Å². The lowest BCUT2D eigenvalue weighted by Crippen LogP contribution is -2.22. The molecule has 4 aromatic rings. The molecular formula is C22H17ClF2N4. The quantitative estimate of drug-likeness (QED) is 0.454. The van der Waals surface area contributed by atoms with Crippen LogP contribution in [0.1, 0.15) is 22.7 Å². The highest BCUT2D eigenvalue weighted by atomic mass is 35.5. The molecule has 29 heavy (non-hydrogen) atoms. The molecule has 2 N–H and O–H groups in total. The molecule has 4 nitrogen and oxygen atoms in total. The molecule has 2 aromatic heterocycles. The predicted molar refractivity (Wildman–Crippen MR) is 108 cm³/mol. The van der Waals surface area contributed by atoms with Crippen molar-refractivity contribution >= 4 is 11.6 Å². The van der Waals surface area contributed by atoms with E-state index in [1.165, 1.54) is 12.1 Å². The molecule has 0 radical (unpaired) electrons. The lowest BCUT2D eigenvalue weighted by atomic mass is 9.99. The van der Waals surface area contributed by atoms with Gasteiger partial charge in [-0.15, -0.1) is 0 Å². The van der Waals surface area contributed by atoms with Gasteiger partial charge in [0.2, 0.25) is 0 Å². The van der Waals surface area contributed by atoms with Gasteiger partial charge >= 0.3 is 0 Å². The molecule has 7 heteroatoms. The van der Waals surface area contributed by atoms with Gasteiger partial charge in [0, 0.05) is 41.2 Å². The number of benzene rings is 2. The molecule has 0 fully saturated rings. The van der Waals surface area contributed by atoms with E-state index in [9.17, 15) is 8.78 Å². The number of hydrogen-bond acceptors (Lipinski definition) is 3. The second-order valence-electron chi connectivity index (χ2n) is 6.54. The van der Waals surface area contributed by atoms with Gasteiger partial charge in [0.15, 0.2) is 0 Å². The summed E-state index contributed by atoms with van der Waals surface area (Å²) in [6.07, 6.45) is 5.10. The minimum absolute atomic E-state index is 0.129. The summed E-state index contributed by atoms with van der Waals surface area (Å²) in [6.45, 7) is 0.415. The summed E-state index contributed by atoms with van der Waals surface area (Å²) in [5.74, 6) is -1.26. The lowest BCUT2D eigenvalue weighted by molar-refractivity contribution is 0.584. The van der Waals surface area contributed by atoms with Crippen LogP contribution in [0.2, 0.25) is 5.02 Å². The summed E-state index contributed by atoms with van der Waals surface area (Å²) >= 11 is 6.03. The van der Waals surface area contributed by atoms with Crippen LogP contribution in [0.3, 0.4) is 0 Å². The van der Waals surface area contributed by atoms with Gasteiger partial charge in [0.05, 0.1) is 17.9 Å². The van der Waals surface area contributed by atoms with Crippen molar-refractivity contribution in [3.05, 3.63) is 107 Å². The second-order valence-corrected chi connectivity index (χ2v) is 6.98. The summed E-state index contributed by atoms with van der Waals surface area (Å²) in [5.41, 5.74) is 3.61.